The molecule has 0 spiro atoms. The van der Waals surface area contributed by atoms with Crippen molar-refractivity contribution in [2.45, 2.75) is 25.8 Å². The van der Waals surface area contributed by atoms with Crippen LogP contribution in [0.4, 0.5) is 5.95 Å². The average Bonchev–Trinajstić information content (AvgIpc) is 3.05. The number of piperidine rings is 1. The van der Waals surface area contributed by atoms with Crippen LogP contribution in [0.2, 0.25) is 0 Å². The van der Waals surface area contributed by atoms with Crippen molar-refractivity contribution in [2.75, 3.05) is 18.0 Å². The summed E-state index contributed by atoms with van der Waals surface area (Å²) < 4.78 is 0. The van der Waals surface area contributed by atoms with E-state index >= 15 is 0 Å². The van der Waals surface area contributed by atoms with Crippen LogP contribution >= 0.6 is 0 Å². The molecule has 0 bridgehead atoms. The number of carbonyl (C=O) groups is 1. The summed E-state index contributed by atoms with van der Waals surface area (Å²) in [6.45, 7) is 1.85. The third-order valence-corrected chi connectivity index (χ3v) is 3.44. The van der Waals surface area contributed by atoms with E-state index in [1.54, 1.807) is 12.3 Å². The predicted octanol–water partition coefficient (Wildman–Crippen LogP) is 0.209. The van der Waals surface area contributed by atoms with Gasteiger partial charge in [-0.05, 0) is 36.6 Å². The lowest BCUT2D eigenvalue weighted by Crippen LogP contribution is -2.30. The molecule has 1 aliphatic rings. The van der Waals surface area contributed by atoms with E-state index in [2.05, 4.69) is 35.8 Å². The van der Waals surface area contributed by atoms with Gasteiger partial charge in [-0.15, -0.1) is 5.10 Å². The van der Waals surface area contributed by atoms with Crippen molar-refractivity contribution < 1.29 is 4.79 Å². The molecule has 0 aliphatic carbocycles. The highest BCUT2D eigenvalue weighted by Crippen LogP contribution is 2.13. The molecular formula is C14H18N8O. The summed E-state index contributed by atoms with van der Waals surface area (Å²) >= 11 is 0. The molecule has 1 aliphatic heterocycles. The number of nitrogens with one attached hydrogen (secondary N) is 1. The van der Waals surface area contributed by atoms with E-state index in [0.29, 0.717) is 11.6 Å². The van der Waals surface area contributed by atoms with Gasteiger partial charge in [0.25, 0.3) is 11.9 Å². The Bertz CT molecular complexity index is 662. The number of amides is 1. The summed E-state index contributed by atoms with van der Waals surface area (Å²) in [4.78, 5) is 19.2. The topological polar surface area (TPSA) is 101 Å². The van der Waals surface area contributed by atoms with E-state index in [-0.39, 0.29) is 12.5 Å². The Balaban J connectivity index is 1.50. The van der Waals surface area contributed by atoms with Crippen LogP contribution in [0.25, 0.3) is 0 Å². The van der Waals surface area contributed by atoms with Gasteiger partial charge in [0.15, 0.2) is 0 Å². The quantitative estimate of drug-likeness (QED) is 0.625. The molecule has 1 fully saturated rings. The molecule has 23 heavy (non-hydrogen) atoms. The van der Waals surface area contributed by atoms with E-state index < -0.39 is 0 Å². The van der Waals surface area contributed by atoms with Gasteiger partial charge in [-0.3, -0.25) is 9.78 Å². The normalized spacial score (nSPS) is 15.0. The van der Waals surface area contributed by atoms with E-state index in [0.717, 1.165) is 25.9 Å². The van der Waals surface area contributed by atoms with Crippen molar-refractivity contribution in [1.82, 2.24) is 30.6 Å². The maximum Gasteiger partial charge on any atom is 0.266 e. The number of rotatable bonds is 5. The first kappa shape index (κ1) is 15.1. The molecule has 0 radical (unpaired) electrons. The molecule has 2 aromatic heterocycles. The Kier molecular flexibility index (Phi) is 4.87. The molecule has 0 saturated carbocycles. The molecule has 3 heterocycles. The molecule has 120 valence electrons. The Morgan fingerprint density at radius 3 is 2.96 bits per heavy atom. The van der Waals surface area contributed by atoms with Crippen molar-refractivity contribution in [2.24, 2.45) is 5.10 Å². The minimum Gasteiger partial charge on any atom is -0.338 e. The van der Waals surface area contributed by atoms with Crippen molar-refractivity contribution in [3.05, 3.63) is 30.1 Å². The van der Waals surface area contributed by atoms with Gasteiger partial charge in [0.2, 0.25) is 0 Å². The van der Waals surface area contributed by atoms with Crippen molar-refractivity contribution in [3.63, 3.8) is 0 Å². The van der Waals surface area contributed by atoms with Gasteiger partial charge < -0.3 is 4.90 Å². The number of anilines is 1. The summed E-state index contributed by atoms with van der Waals surface area (Å²) in [7, 11) is 0. The highest BCUT2D eigenvalue weighted by molar-refractivity contribution is 5.80. The highest BCUT2D eigenvalue weighted by Gasteiger charge is 2.16. The fourth-order valence-electron chi connectivity index (χ4n) is 2.31. The molecular weight excluding hydrogens is 296 g/mol. The molecule has 0 unspecified atom stereocenters. The predicted molar refractivity (Wildman–Crippen MR) is 83.9 cm³/mol. The summed E-state index contributed by atoms with van der Waals surface area (Å²) in [6.07, 6.45) is 6.65. The zero-order valence-electron chi connectivity index (χ0n) is 12.7. The monoisotopic (exact) mass is 314 g/mol. The number of aromatic nitrogens is 5. The van der Waals surface area contributed by atoms with Crippen LogP contribution in [0.15, 0.2) is 29.5 Å². The summed E-state index contributed by atoms with van der Waals surface area (Å²) in [5.74, 6) is 0.259. The number of nitrogens with zero attached hydrogens (tertiary/aromatic N) is 7. The molecule has 9 heteroatoms. The van der Waals surface area contributed by atoms with E-state index in [1.165, 1.54) is 17.4 Å². The first-order valence-corrected chi connectivity index (χ1v) is 7.57. The minimum absolute atomic E-state index is 0.0274. The standard InChI is InChI=1S/C14H18N8O/c23-13(17-16-10-12-6-2-3-7-15-12)11-22-19-14(18-20-22)21-8-4-1-5-9-21/h2-3,6-7,10H,1,4-5,8-9,11H2,(H,17,23)/b16-10-. The summed E-state index contributed by atoms with van der Waals surface area (Å²) in [5, 5.41) is 16.0. The van der Waals surface area contributed by atoms with Crippen molar-refractivity contribution in [3.8, 4) is 0 Å². The minimum atomic E-state index is -0.320. The second-order valence-corrected chi connectivity index (χ2v) is 5.22. The molecule has 9 nitrogen and oxygen atoms in total. The van der Waals surface area contributed by atoms with Gasteiger partial charge in [-0.1, -0.05) is 11.2 Å². The average molecular weight is 314 g/mol. The molecule has 1 saturated heterocycles. The van der Waals surface area contributed by atoms with Gasteiger partial charge in [0.05, 0.1) is 11.9 Å². The number of carbonyl (C=O) groups excluding carboxylic acids is 1. The maximum atomic E-state index is 11.8. The van der Waals surface area contributed by atoms with Crippen LogP contribution in [0.1, 0.15) is 25.0 Å². The molecule has 0 aromatic carbocycles. The first-order valence-electron chi connectivity index (χ1n) is 7.57. The molecule has 0 atom stereocenters. The fourth-order valence-corrected chi connectivity index (χ4v) is 2.31. The largest absolute Gasteiger partial charge is 0.338 e. The Hall–Kier alpha value is -2.84. The van der Waals surface area contributed by atoms with Gasteiger partial charge in [0.1, 0.15) is 6.54 Å². The lowest BCUT2D eigenvalue weighted by atomic mass is 10.1. The first-order chi connectivity index (χ1) is 11.3. The van der Waals surface area contributed by atoms with Crippen molar-refractivity contribution in [1.29, 1.82) is 0 Å². The van der Waals surface area contributed by atoms with Gasteiger partial charge in [0, 0.05) is 19.3 Å². The second kappa shape index (κ2) is 7.43. The van der Waals surface area contributed by atoms with Crippen LogP contribution in [-0.4, -0.2) is 50.4 Å². The SMILES string of the molecule is O=C(Cn1nnc(N2CCCCC2)n1)N/N=C\c1ccccn1. The van der Waals surface area contributed by atoms with Crippen LogP contribution < -0.4 is 10.3 Å². The number of hydrazone groups is 1. The zero-order valence-corrected chi connectivity index (χ0v) is 12.7. The number of pyridine rings is 1. The number of hydrogen-bond acceptors (Lipinski definition) is 7. The number of hydrogen-bond donors (Lipinski definition) is 1. The molecule has 3 rings (SSSR count). The van der Waals surface area contributed by atoms with E-state index in [9.17, 15) is 4.79 Å². The van der Waals surface area contributed by atoms with Gasteiger partial charge >= 0.3 is 0 Å². The van der Waals surface area contributed by atoms with Crippen LogP contribution in [0.5, 0.6) is 0 Å². The van der Waals surface area contributed by atoms with Crippen LogP contribution in [0, 0.1) is 0 Å². The third-order valence-electron chi connectivity index (χ3n) is 3.44. The van der Waals surface area contributed by atoms with Gasteiger partial charge in [-0.25, -0.2) is 5.43 Å². The smallest absolute Gasteiger partial charge is 0.266 e. The molecule has 1 amide bonds. The second-order valence-electron chi connectivity index (χ2n) is 5.22. The van der Waals surface area contributed by atoms with E-state index in [1.807, 2.05) is 12.1 Å². The highest BCUT2D eigenvalue weighted by atomic mass is 16.2. The maximum absolute atomic E-state index is 11.8. The zero-order chi connectivity index (χ0) is 15.9. The Morgan fingerprint density at radius 1 is 1.30 bits per heavy atom. The van der Waals surface area contributed by atoms with Crippen LogP contribution in [0.3, 0.4) is 0 Å². The van der Waals surface area contributed by atoms with Gasteiger partial charge in [-0.2, -0.15) is 9.90 Å². The molecule has 2 aromatic rings. The summed E-state index contributed by atoms with van der Waals surface area (Å²) in [6, 6.07) is 5.45. The Labute approximate surface area is 133 Å². The van der Waals surface area contributed by atoms with Crippen molar-refractivity contribution >= 4 is 18.1 Å². The summed E-state index contributed by atoms with van der Waals surface area (Å²) in [5.41, 5.74) is 3.08. The third kappa shape index (κ3) is 4.31. The van der Waals surface area contributed by atoms with E-state index in [4.69, 9.17) is 0 Å². The lowest BCUT2D eigenvalue weighted by Gasteiger charge is -2.24. The van der Waals surface area contributed by atoms with Crippen LogP contribution in [-0.2, 0) is 11.3 Å². The number of tetrazole rings is 1. The molecule has 1 N–H and O–H groups in total. The Morgan fingerprint density at radius 2 is 2.17 bits per heavy atom. The fraction of sp³-hybridized carbons (Fsp3) is 0.429. The lowest BCUT2D eigenvalue weighted by molar-refractivity contribution is -0.122.